The van der Waals surface area contributed by atoms with Gasteiger partial charge in [-0.15, -0.1) is 11.3 Å². The number of carbonyl (C=O) groups excluding carboxylic acids is 1. The Morgan fingerprint density at radius 3 is 2.64 bits per heavy atom. The fraction of sp³-hybridized carbons (Fsp3) is 0.0952. The van der Waals surface area contributed by atoms with Crippen molar-refractivity contribution in [2.24, 2.45) is 0 Å². The molecule has 0 saturated heterocycles. The van der Waals surface area contributed by atoms with Gasteiger partial charge in [-0.2, -0.15) is 0 Å². The smallest absolute Gasteiger partial charge is 0.343 e. The maximum atomic E-state index is 12.5. The molecule has 0 aliphatic rings. The molecular weight excluding hydrogens is 372 g/mol. The Kier molecular flexibility index (Phi) is 3.77. The number of fused-ring (bicyclic) bond motifs is 5. The summed E-state index contributed by atoms with van der Waals surface area (Å²) in [5, 5.41) is 0.389. The molecule has 3 heterocycles. The Bertz CT molecular complexity index is 1360. The predicted octanol–water partition coefficient (Wildman–Crippen LogP) is 4.52. The van der Waals surface area contributed by atoms with Crippen LogP contribution in [0.5, 0.6) is 0 Å². The highest BCUT2D eigenvalue weighted by atomic mass is 32.1. The first kappa shape index (κ1) is 16.7. The standard InChI is InChI=1S/C21H16N4O2S/c1-2-27-21(26)15-16-17(28-18(15)22)20-23-13-10-6-7-11-14(13)25(20)19(24-16)12-8-4-3-5-9-12/h3-11H,2,22H2,1H3. The number of hydrogen-bond acceptors (Lipinski definition) is 6. The first-order valence-corrected chi connectivity index (χ1v) is 9.72. The molecule has 2 aromatic carbocycles. The molecule has 0 unspecified atom stereocenters. The normalized spacial score (nSPS) is 11.5. The third kappa shape index (κ3) is 2.36. The average Bonchev–Trinajstić information content (AvgIpc) is 3.25. The van der Waals surface area contributed by atoms with Crippen LogP contribution in [0.25, 0.3) is 38.3 Å². The molecule has 7 heteroatoms. The summed E-state index contributed by atoms with van der Waals surface area (Å²) in [6.45, 7) is 2.04. The number of hydrogen-bond donors (Lipinski definition) is 1. The average molecular weight is 388 g/mol. The van der Waals surface area contributed by atoms with E-state index in [-0.39, 0.29) is 6.61 Å². The second-order valence-corrected chi connectivity index (χ2v) is 7.35. The number of nitrogens with two attached hydrogens (primary N) is 1. The van der Waals surface area contributed by atoms with E-state index in [1.807, 2.05) is 59.0 Å². The zero-order valence-corrected chi connectivity index (χ0v) is 15.9. The van der Waals surface area contributed by atoms with Crippen molar-refractivity contribution in [1.82, 2.24) is 14.4 Å². The monoisotopic (exact) mass is 388 g/mol. The van der Waals surface area contributed by atoms with Gasteiger partial charge in [0.25, 0.3) is 0 Å². The van der Waals surface area contributed by atoms with E-state index >= 15 is 0 Å². The van der Waals surface area contributed by atoms with Gasteiger partial charge in [0.2, 0.25) is 0 Å². The highest BCUT2D eigenvalue weighted by molar-refractivity contribution is 7.23. The second kappa shape index (κ2) is 6.31. The lowest BCUT2D eigenvalue weighted by Crippen LogP contribution is -2.07. The van der Waals surface area contributed by atoms with E-state index in [2.05, 4.69) is 0 Å². The van der Waals surface area contributed by atoms with Gasteiger partial charge in [0.15, 0.2) is 5.65 Å². The second-order valence-electron chi connectivity index (χ2n) is 6.30. The molecule has 28 heavy (non-hydrogen) atoms. The number of benzene rings is 2. The third-order valence-electron chi connectivity index (χ3n) is 4.62. The zero-order valence-electron chi connectivity index (χ0n) is 15.0. The Balaban J connectivity index is 1.97. The molecule has 138 valence electrons. The molecule has 0 aliphatic heterocycles. The molecule has 6 nitrogen and oxygen atoms in total. The first-order valence-electron chi connectivity index (χ1n) is 8.90. The number of nitrogens with zero attached hydrogens (tertiary/aromatic N) is 3. The number of thiophene rings is 1. The van der Waals surface area contributed by atoms with Crippen molar-refractivity contribution in [3.63, 3.8) is 0 Å². The van der Waals surface area contributed by atoms with Gasteiger partial charge in [-0.3, -0.25) is 4.40 Å². The van der Waals surface area contributed by atoms with Crippen molar-refractivity contribution in [1.29, 1.82) is 0 Å². The van der Waals surface area contributed by atoms with E-state index in [1.54, 1.807) is 6.92 Å². The molecule has 5 aromatic rings. The summed E-state index contributed by atoms with van der Waals surface area (Å²) in [5.74, 6) is 0.248. The van der Waals surface area contributed by atoms with Gasteiger partial charge >= 0.3 is 5.97 Å². The van der Waals surface area contributed by atoms with Crippen molar-refractivity contribution < 1.29 is 9.53 Å². The number of nitrogen functional groups attached to an aromatic ring is 1. The molecule has 0 bridgehead atoms. The number of ether oxygens (including phenoxy) is 1. The molecule has 0 spiro atoms. The van der Waals surface area contributed by atoms with Crippen molar-refractivity contribution in [3.8, 4) is 11.4 Å². The van der Waals surface area contributed by atoms with Crippen LogP contribution in [-0.2, 0) is 4.74 Å². The molecular formula is C21H16N4O2S. The number of esters is 1. The third-order valence-corrected chi connectivity index (χ3v) is 5.62. The summed E-state index contributed by atoms with van der Waals surface area (Å²) in [5.41, 5.74) is 10.5. The largest absolute Gasteiger partial charge is 0.462 e. The molecule has 0 saturated carbocycles. The summed E-state index contributed by atoms with van der Waals surface area (Å²) in [6, 6.07) is 17.8. The minimum Gasteiger partial charge on any atom is -0.462 e. The van der Waals surface area contributed by atoms with Gasteiger partial charge < -0.3 is 10.5 Å². The number of aromatic nitrogens is 3. The molecule has 2 N–H and O–H groups in total. The molecule has 3 aromatic heterocycles. The minimum atomic E-state index is -0.460. The van der Waals surface area contributed by atoms with E-state index in [9.17, 15) is 4.79 Å². The van der Waals surface area contributed by atoms with E-state index in [1.165, 1.54) is 11.3 Å². The lowest BCUT2D eigenvalue weighted by Gasteiger charge is -2.08. The summed E-state index contributed by atoms with van der Waals surface area (Å²) in [6.07, 6.45) is 0. The van der Waals surface area contributed by atoms with Crippen LogP contribution in [0.3, 0.4) is 0 Å². The van der Waals surface area contributed by atoms with Crippen LogP contribution in [0.1, 0.15) is 17.3 Å². The zero-order chi connectivity index (χ0) is 19.3. The van der Waals surface area contributed by atoms with Gasteiger partial charge in [0, 0.05) is 5.56 Å². The molecule has 0 atom stereocenters. The maximum Gasteiger partial charge on any atom is 0.343 e. The van der Waals surface area contributed by atoms with Gasteiger partial charge in [0.05, 0.1) is 22.3 Å². The van der Waals surface area contributed by atoms with Crippen LogP contribution in [-0.4, -0.2) is 26.9 Å². The van der Waals surface area contributed by atoms with Crippen LogP contribution >= 0.6 is 11.3 Å². The fourth-order valence-electron chi connectivity index (χ4n) is 3.43. The number of carbonyl (C=O) groups is 1. The Hall–Kier alpha value is -3.45. The Morgan fingerprint density at radius 1 is 1.11 bits per heavy atom. The molecule has 0 radical (unpaired) electrons. The van der Waals surface area contributed by atoms with E-state index < -0.39 is 5.97 Å². The quantitative estimate of drug-likeness (QED) is 0.459. The summed E-state index contributed by atoms with van der Waals surface area (Å²) in [7, 11) is 0. The number of para-hydroxylation sites is 2. The van der Waals surface area contributed by atoms with Gasteiger partial charge in [-0.25, -0.2) is 14.8 Å². The fourth-order valence-corrected chi connectivity index (χ4v) is 4.40. The van der Waals surface area contributed by atoms with Crippen LogP contribution < -0.4 is 5.73 Å². The van der Waals surface area contributed by atoms with Crippen molar-refractivity contribution in [3.05, 3.63) is 60.2 Å². The SMILES string of the molecule is CCOC(=O)c1c(N)sc2c1nc(-c1ccccc1)n1c3ccccc3nc21. The number of rotatable bonds is 3. The minimum absolute atomic E-state index is 0.274. The van der Waals surface area contributed by atoms with E-state index in [0.717, 1.165) is 26.9 Å². The summed E-state index contributed by atoms with van der Waals surface area (Å²) < 4.78 is 8.01. The number of anilines is 1. The lowest BCUT2D eigenvalue weighted by atomic mass is 10.2. The maximum absolute atomic E-state index is 12.5. The summed E-state index contributed by atoms with van der Waals surface area (Å²) in [4.78, 5) is 22.2. The van der Waals surface area contributed by atoms with Gasteiger partial charge in [0.1, 0.15) is 21.9 Å². The van der Waals surface area contributed by atoms with Crippen LogP contribution in [0, 0.1) is 0 Å². The molecule has 0 aliphatic carbocycles. The topological polar surface area (TPSA) is 82.5 Å². The van der Waals surface area contributed by atoms with Crippen LogP contribution in [0.2, 0.25) is 0 Å². The van der Waals surface area contributed by atoms with E-state index in [4.69, 9.17) is 20.4 Å². The molecule has 0 fully saturated rings. The van der Waals surface area contributed by atoms with Crippen molar-refractivity contribution >= 4 is 49.2 Å². The van der Waals surface area contributed by atoms with Gasteiger partial charge in [-0.05, 0) is 19.1 Å². The lowest BCUT2D eigenvalue weighted by molar-refractivity contribution is 0.0530. The highest BCUT2D eigenvalue weighted by Gasteiger charge is 2.25. The van der Waals surface area contributed by atoms with E-state index in [0.29, 0.717) is 21.9 Å². The van der Waals surface area contributed by atoms with Crippen LogP contribution in [0.15, 0.2) is 54.6 Å². The highest BCUT2D eigenvalue weighted by Crippen LogP contribution is 2.38. The summed E-state index contributed by atoms with van der Waals surface area (Å²) >= 11 is 1.31. The van der Waals surface area contributed by atoms with Crippen molar-refractivity contribution in [2.75, 3.05) is 12.3 Å². The predicted molar refractivity (Wildman–Crippen MR) is 112 cm³/mol. The molecule has 0 amide bonds. The van der Waals surface area contributed by atoms with Gasteiger partial charge in [-0.1, -0.05) is 42.5 Å². The first-order chi connectivity index (χ1) is 13.7. The molecule has 5 rings (SSSR count). The number of imidazole rings is 1. The Labute approximate surface area is 164 Å². The van der Waals surface area contributed by atoms with Crippen molar-refractivity contribution in [2.45, 2.75) is 6.92 Å². The Morgan fingerprint density at radius 2 is 1.86 bits per heavy atom. The van der Waals surface area contributed by atoms with Crippen LogP contribution in [0.4, 0.5) is 5.00 Å².